The van der Waals surface area contributed by atoms with Crippen LogP contribution in [-0.4, -0.2) is 34.6 Å². The second kappa shape index (κ2) is 6.18. The Hall–Kier alpha value is -2.01. The van der Waals surface area contributed by atoms with Crippen LogP contribution in [0.3, 0.4) is 0 Å². The molecule has 3 rings (SSSR count). The highest BCUT2D eigenvalue weighted by molar-refractivity contribution is 5.56. The third-order valence-corrected chi connectivity index (χ3v) is 4.00. The van der Waals surface area contributed by atoms with Gasteiger partial charge in [0.15, 0.2) is 0 Å². The van der Waals surface area contributed by atoms with Gasteiger partial charge in [-0.3, -0.25) is 4.98 Å². The van der Waals surface area contributed by atoms with Gasteiger partial charge in [0.25, 0.3) is 0 Å². The van der Waals surface area contributed by atoms with E-state index in [1.54, 1.807) is 6.20 Å². The average Bonchev–Trinajstić information content (AvgIpc) is 2.55. The van der Waals surface area contributed by atoms with Crippen LogP contribution >= 0.6 is 0 Å². The zero-order valence-electron chi connectivity index (χ0n) is 12.4. The number of rotatable bonds is 3. The summed E-state index contributed by atoms with van der Waals surface area (Å²) in [6, 6.07) is 7.85. The first kappa shape index (κ1) is 13.9. The van der Waals surface area contributed by atoms with Crippen LogP contribution in [0.4, 0.5) is 5.95 Å². The minimum absolute atomic E-state index is 0.640. The lowest BCUT2D eigenvalue weighted by Gasteiger charge is -2.31. The topological polar surface area (TPSA) is 67.9 Å². The van der Waals surface area contributed by atoms with Crippen LogP contribution in [0, 0.1) is 12.8 Å². The molecule has 2 aromatic heterocycles. The molecule has 5 nitrogen and oxygen atoms in total. The zero-order valence-corrected chi connectivity index (χ0v) is 12.4. The molecule has 0 saturated carbocycles. The Labute approximate surface area is 125 Å². The molecule has 3 heterocycles. The smallest absolute Gasteiger partial charge is 0.226 e. The lowest BCUT2D eigenvalue weighted by atomic mass is 9.97. The Morgan fingerprint density at radius 3 is 2.67 bits per heavy atom. The maximum absolute atomic E-state index is 5.75. The molecule has 1 aliphatic heterocycles. The van der Waals surface area contributed by atoms with Gasteiger partial charge in [-0.2, -0.15) is 0 Å². The largest absolute Gasteiger partial charge is 0.341 e. The van der Waals surface area contributed by atoms with Crippen molar-refractivity contribution in [2.45, 2.75) is 19.8 Å². The predicted octanol–water partition coefficient (Wildman–Crippen LogP) is 2.02. The monoisotopic (exact) mass is 283 g/mol. The van der Waals surface area contributed by atoms with Crippen LogP contribution in [-0.2, 0) is 0 Å². The van der Waals surface area contributed by atoms with Crippen molar-refractivity contribution in [3.8, 4) is 11.4 Å². The number of piperidine rings is 1. The van der Waals surface area contributed by atoms with Crippen molar-refractivity contribution in [2.75, 3.05) is 24.5 Å². The lowest BCUT2D eigenvalue weighted by Crippen LogP contribution is -2.37. The minimum atomic E-state index is 0.640. The molecule has 1 saturated heterocycles. The number of pyridine rings is 1. The Morgan fingerprint density at radius 2 is 2.00 bits per heavy atom. The number of anilines is 1. The van der Waals surface area contributed by atoms with Crippen molar-refractivity contribution < 1.29 is 0 Å². The Morgan fingerprint density at radius 1 is 1.19 bits per heavy atom. The van der Waals surface area contributed by atoms with Crippen LogP contribution < -0.4 is 10.6 Å². The van der Waals surface area contributed by atoms with Crippen LogP contribution in [0.5, 0.6) is 0 Å². The molecular formula is C16H21N5. The van der Waals surface area contributed by atoms with Crippen molar-refractivity contribution in [1.82, 2.24) is 15.0 Å². The van der Waals surface area contributed by atoms with Gasteiger partial charge in [-0.15, -0.1) is 0 Å². The van der Waals surface area contributed by atoms with Crippen LogP contribution in [0.25, 0.3) is 11.4 Å². The second-order valence-electron chi connectivity index (χ2n) is 5.58. The van der Waals surface area contributed by atoms with E-state index < -0.39 is 0 Å². The maximum Gasteiger partial charge on any atom is 0.226 e. The molecule has 0 aliphatic carbocycles. The SMILES string of the molecule is Cc1cc(-c2ccccn2)nc(N2CCC(CN)CC2)n1. The fourth-order valence-electron chi connectivity index (χ4n) is 2.71. The minimum Gasteiger partial charge on any atom is -0.341 e. The van der Waals surface area contributed by atoms with Crippen LogP contribution in [0.15, 0.2) is 30.5 Å². The van der Waals surface area contributed by atoms with Crippen molar-refractivity contribution in [2.24, 2.45) is 11.7 Å². The lowest BCUT2D eigenvalue weighted by molar-refractivity contribution is 0.411. The first-order valence-electron chi connectivity index (χ1n) is 7.48. The summed E-state index contributed by atoms with van der Waals surface area (Å²) >= 11 is 0. The summed E-state index contributed by atoms with van der Waals surface area (Å²) < 4.78 is 0. The molecule has 2 N–H and O–H groups in total. The number of hydrogen-bond donors (Lipinski definition) is 1. The van der Waals surface area contributed by atoms with E-state index in [9.17, 15) is 0 Å². The summed E-state index contributed by atoms with van der Waals surface area (Å²) in [4.78, 5) is 15.9. The summed E-state index contributed by atoms with van der Waals surface area (Å²) in [5, 5.41) is 0. The van der Waals surface area contributed by atoms with Crippen molar-refractivity contribution in [3.63, 3.8) is 0 Å². The molecule has 0 aromatic carbocycles. The summed E-state index contributed by atoms with van der Waals surface area (Å²) in [5.41, 5.74) is 8.51. The van der Waals surface area contributed by atoms with Gasteiger partial charge in [-0.25, -0.2) is 9.97 Å². The second-order valence-corrected chi connectivity index (χ2v) is 5.58. The van der Waals surface area contributed by atoms with Gasteiger partial charge in [-0.05, 0) is 50.4 Å². The van der Waals surface area contributed by atoms with Crippen LogP contribution in [0.2, 0.25) is 0 Å². The summed E-state index contributed by atoms with van der Waals surface area (Å²) in [7, 11) is 0. The fourth-order valence-corrected chi connectivity index (χ4v) is 2.71. The average molecular weight is 283 g/mol. The van der Waals surface area contributed by atoms with Crippen LogP contribution in [0.1, 0.15) is 18.5 Å². The molecule has 5 heteroatoms. The van der Waals surface area contributed by atoms with Gasteiger partial charge < -0.3 is 10.6 Å². The Kier molecular flexibility index (Phi) is 4.10. The summed E-state index contributed by atoms with van der Waals surface area (Å²) in [6.45, 7) is 4.74. The Balaban J connectivity index is 1.85. The molecule has 2 aromatic rings. The van der Waals surface area contributed by atoms with Gasteiger partial charge in [0, 0.05) is 25.0 Å². The molecule has 0 spiro atoms. The first-order valence-corrected chi connectivity index (χ1v) is 7.48. The van der Waals surface area contributed by atoms with Gasteiger partial charge in [0.05, 0.1) is 11.4 Å². The van der Waals surface area contributed by atoms with Gasteiger partial charge in [0.1, 0.15) is 0 Å². The van der Waals surface area contributed by atoms with Gasteiger partial charge in [-0.1, -0.05) is 6.07 Å². The molecule has 1 fully saturated rings. The molecule has 0 radical (unpaired) electrons. The molecule has 0 atom stereocenters. The maximum atomic E-state index is 5.75. The molecule has 21 heavy (non-hydrogen) atoms. The molecule has 0 unspecified atom stereocenters. The first-order chi connectivity index (χ1) is 10.3. The Bertz CT molecular complexity index is 591. The highest BCUT2D eigenvalue weighted by Crippen LogP contribution is 2.23. The van der Waals surface area contributed by atoms with E-state index in [1.165, 1.54) is 0 Å². The number of aryl methyl sites for hydroxylation is 1. The van der Waals surface area contributed by atoms with Gasteiger partial charge >= 0.3 is 0 Å². The van der Waals surface area contributed by atoms with E-state index >= 15 is 0 Å². The highest BCUT2D eigenvalue weighted by Gasteiger charge is 2.20. The van der Waals surface area contributed by atoms with E-state index in [-0.39, 0.29) is 0 Å². The van der Waals surface area contributed by atoms with E-state index in [1.807, 2.05) is 31.2 Å². The van der Waals surface area contributed by atoms with Crippen molar-refractivity contribution in [1.29, 1.82) is 0 Å². The van der Waals surface area contributed by atoms with E-state index in [4.69, 9.17) is 10.7 Å². The third-order valence-electron chi connectivity index (χ3n) is 4.00. The van der Waals surface area contributed by atoms with Crippen molar-refractivity contribution >= 4 is 5.95 Å². The number of nitrogens with two attached hydrogens (primary N) is 1. The number of aromatic nitrogens is 3. The summed E-state index contributed by atoms with van der Waals surface area (Å²) in [5.74, 6) is 1.45. The molecule has 110 valence electrons. The molecule has 1 aliphatic rings. The van der Waals surface area contributed by atoms with Gasteiger partial charge in [0.2, 0.25) is 5.95 Å². The quantitative estimate of drug-likeness (QED) is 0.933. The number of nitrogens with zero attached hydrogens (tertiary/aromatic N) is 4. The third kappa shape index (κ3) is 3.19. The zero-order chi connectivity index (χ0) is 14.7. The van der Waals surface area contributed by atoms with E-state index in [0.717, 1.165) is 55.5 Å². The molecule has 0 bridgehead atoms. The fraction of sp³-hybridized carbons (Fsp3) is 0.438. The standard InChI is InChI=1S/C16H21N5/c1-12-10-15(14-4-2-3-7-18-14)20-16(19-12)21-8-5-13(11-17)6-9-21/h2-4,7,10,13H,5-6,8-9,11,17H2,1H3. The highest BCUT2D eigenvalue weighted by atomic mass is 15.3. The normalized spacial score (nSPS) is 16.2. The van der Waals surface area contributed by atoms with Crippen molar-refractivity contribution in [3.05, 3.63) is 36.2 Å². The van der Waals surface area contributed by atoms with E-state index in [2.05, 4.69) is 14.9 Å². The molecular weight excluding hydrogens is 262 g/mol. The summed E-state index contributed by atoms with van der Waals surface area (Å²) in [6.07, 6.45) is 4.03. The molecule has 0 amide bonds. The predicted molar refractivity (Wildman–Crippen MR) is 84.0 cm³/mol. The number of hydrogen-bond acceptors (Lipinski definition) is 5. The van der Waals surface area contributed by atoms with E-state index in [0.29, 0.717) is 5.92 Å².